The predicted molar refractivity (Wildman–Crippen MR) is 129 cm³/mol. The van der Waals surface area contributed by atoms with Gasteiger partial charge < -0.3 is 74.4 Å². The average Bonchev–Trinajstić information content (AvgIpc) is 3.28. The van der Waals surface area contributed by atoms with Gasteiger partial charge >= 0.3 is 0 Å². The molecule has 3 saturated heterocycles. The van der Waals surface area contributed by atoms with Crippen molar-refractivity contribution in [3.63, 3.8) is 0 Å². The van der Waals surface area contributed by atoms with Gasteiger partial charge in [-0.2, -0.15) is 0 Å². The maximum absolute atomic E-state index is 10.8. The predicted octanol–water partition coefficient (Wildman–Crippen LogP) is -4.67. The van der Waals surface area contributed by atoms with E-state index in [4.69, 9.17) is 28.4 Å². The summed E-state index contributed by atoms with van der Waals surface area (Å²) in [7, 11) is 0. The summed E-state index contributed by atoms with van der Waals surface area (Å²) in [5.74, 6) is 0. The minimum atomic E-state index is -2.05. The summed E-state index contributed by atoms with van der Waals surface area (Å²) in [6.07, 6.45) is -17.9. The number of aliphatic hydroxyl groups is 9. The molecule has 0 aromatic heterocycles. The van der Waals surface area contributed by atoms with Crippen LogP contribution in [-0.4, -0.2) is 158 Å². The maximum atomic E-state index is 10.8. The normalized spacial score (nSPS) is 44.1. The molecule has 40 heavy (non-hydrogen) atoms. The van der Waals surface area contributed by atoms with Gasteiger partial charge in [0.2, 0.25) is 0 Å². The highest BCUT2D eigenvalue weighted by atomic mass is 16.8. The molecule has 0 aliphatic carbocycles. The van der Waals surface area contributed by atoms with Crippen LogP contribution < -0.4 is 0 Å². The molecule has 0 saturated carbocycles. The van der Waals surface area contributed by atoms with Crippen LogP contribution in [0, 0.1) is 0 Å². The van der Waals surface area contributed by atoms with Crippen LogP contribution in [0.1, 0.15) is 5.56 Å². The molecule has 13 unspecified atom stereocenters. The van der Waals surface area contributed by atoms with E-state index in [0.29, 0.717) is 6.42 Å². The molecule has 3 fully saturated rings. The second kappa shape index (κ2) is 13.7. The van der Waals surface area contributed by atoms with Crippen LogP contribution in [-0.2, 0) is 34.8 Å². The second-order valence-corrected chi connectivity index (χ2v) is 10.1. The summed E-state index contributed by atoms with van der Waals surface area (Å²) < 4.78 is 33.3. The van der Waals surface area contributed by atoms with Gasteiger partial charge in [-0.15, -0.1) is 0 Å². The zero-order chi connectivity index (χ0) is 29.0. The molecule has 1 aromatic rings. The van der Waals surface area contributed by atoms with E-state index in [2.05, 4.69) is 0 Å². The van der Waals surface area contributed by atoms with E-state index in [9.17, 15) is 46.0 Å². The molecule has 0 radical (unpaired) electrons. The van der Waals surface area contributed by atoms with Gasteiger partial charge in [-0.1, -0.05) is 30.3 Å². The highest BCUT2D eigenvalue weighted by Gasteiger charge is 2.55. The molecule has 3 aliphatic heterocycles. The van der Waals surface area contributed by atoms with E-state index in [-0.39, 0.29) is 6.61 Å². The van der Waals surface area contributed by atoms with Gasteiger partial charge in [0, 0.05) is 0 Å². The molecule has 4 rings (SSSR count). The van der Waals surface area contributed by atoms with E-state index < -0.39 is 106 Å². The van der Waals surface area contributed by atoms with Crippen molar-refractivity contribution in [1.29, 1.82) is 0 Å². The average molecular weight is 579 g/mol. The van der Waals surface area contributed by atoms with E-state index in [1.807, 2.05) is 30.3 Å². The van der Waals surface area contributed by atoms with Crippen LogP contribution in [0.2, 0.25) is 0 Å². The highest BCUT2D eigenvalue weighted by Crippen LogP contribution is 2.33. The molecule has 15 heteroatoms. The van der Waals surface area contributed by atoms with E-state index in [1.54, 1.807) is 0 Å². The maximum Gasteiger partial charge on any atom is 0.187 e. The SMILES string of the molecule is OCC1OC(OC2C(OCC3OC(OCCc4ccccc4)C(O)C(O)C3O)OCC2(O)CO)C(O)C(O)C1O. The summed E-state index contributed by atoms with van der Waals surface area (Å²) in [5.41, 5.74) is -1.07. The summed E-state index contributed by atoms with van der Waals surface area (Å²) in [6.45, 7) is -2.36. The largest absolute Gasteiger partial charge is 0.394 e. The monoisotopic (exact) mass is 578 g/mol. The Morgan fingerprint density at radius 2 is 1.38 bits per heavy atom. The van der Waals surface area contributed by atoms with E-state index in [1.165, 1.54) is 0 Å². The van der Waals surface area contributed by atoms with Crippen LogP contribution in [0.3, 0.4) is 0 Å². The lowest BCUT2D eigenvalue weighted by Crippen LogP contribution is -2.62. The minimum absolute atomic E-state index is 0.145. The Bertz CT molecular complexity index is 907. The topological polar surface area (TPSA) is 237 Å². The van der Waals surface area contributed by atoms with Crippen molar-refractivity contribution in [2.24, 2.45) is 0 Å². The molecule has 15 nitrogen and oxygen atoms in total. The van der Waals surface area contributed by atoms with Gasteiger partial charge in [0.15, 0.2) is 18.9 Å². The van der Waals surface area contributed by atoms with Gasteiger partial charge in [0.1, 0.15) is 60.5 Å². The van der Waals surface area contributed by atoms with Crippen molar-refractivity contribution in [3.8, 4) is 0 Å². The molecular weight excluding hydrogens is 540 g/mol. The molecule has 1 aromatic carbocycles. The quantitative estimate of drug-likeness (QED) is 0.120. The van der Waals surface area contributed by atoms with Gasteiger partial charge in [-0.05, 0) is 12.0 Å². The fourth-order valence-corrected chi connectivity index (χ4v) is 4.75. The Morgan fingerprint density at radius 3 is 2.02 bits per heavy atom. The Balaban J connectivity index is 1.38. The zero-order valence-electron chi connectivity index (χ0n) is 21.5. The smallest absolute Gasteiger partial charge is 0.187 e. The Morgan fingerprint density at radius 1 is 0.750 bits per heavy atom. The van der Waals surface area contributed by atoms with E-state index >= 15 is 0 Å². The van der Waals surface area contributed by atoms with Crippen LogP contribution in [0.5, 0.6) is 0 Å². The Hall–Kier alpha value is -1.38. The lowest BCUT2D eigenvalue weighted by atomic mass is 9.97. The number of benzene rings is 1. The lowest BCUT2D eigenvalue weighted by molar-refractivity contribution is -0.338. The third-order valence-electron chi connectivity index (χ3n) is 7.29. The van der Waals surface area contributed by atoms with Crippen molar-refractivity contribution >= 4 is 0 Å². The number of aliphatic hydroxyl groups excluding tert-OH is 8. The van der Waals surface area contributed by atoms with Gasteiger partial charge in [-0.25, -0.2) is 0 Å². The van der Waals surface area contributed by atoms with Crippen molar-refractivity contribution in [1.82, 2.24) is 0 Å². The zero-order valence-corrected chi connectivity index (χ0v) is 21.5. The molecule has 0 amide bonds. The van der Waals surface area contributed by atoms with Crippen molar-refractivity contribution < 1.29 is 74.4 Å². The van der Waals surface area contributed by atoms with Crippen molar-refractivity contribution in [3.05, 3.63) is 35.9 Å². The summed E-state index contributed by atoms with van der Waals surface area (Å²) >= 11 is 0. The number of rotatable bonds is 11. The van der Waals surface area contributed by atoms with Gasteiger partial charge in [-0.3, -0.25) is 0 Å². The van der Waals surface area contributed by atoms with Gasteiger partial charge in [0.05, 0.1) is 33.0 Å². The first-order valence-electron chi connectivity index (χ1n) is 13.0. The molecule has 3 heterocycles. The van der Waals surface area contributed by atoms with Crippen molar-refractivity contribution in [2.75, 3.05) is 33.0 Å². The van der Waals surface area contributed by atoms with Crippen LogP contribution in [0.15, 0.2) is 30.3 Å². The first-order valence-corrected chi connectivity index (χ1v) is 13.0. The first kappa shape index (κ1) is 31.6. The standard InChI is InChI=1S/C25H38O15/c26-8-13-15(28)17(30)20(33)23(38-13)40-21-24(37-11-25(21,34)10-27)36-9-14-16(29)18(31)19(32)22(39-14)35-7-6-12-4-2-1-3-5-12/h1-5,13-24,26-34H,6-11H2. The first-order chi connectivity index (χ1) is 19.1. The second-order valence-electron chi connectivity index (χ2n) is 10.1. The van der Waals surface area contributed by atoms with Crippen molar-refractivity contribution in [2.45, 2.75) is 85.8 Å². The molecule has 13 atom stereocenters. The Kier molecular flexibility index (Phi) is 10.8. The summed E-state index contributed by atoms with van der Waals surface area (Å²) in [4.78, 5) is 0. The fraction of sp³-hybridized carbons (Fsp3) is 0.760. The minimum Gasteiger partial charge on any atom is -0.394 e. The summed E-state index contributed by atoms with van der Waals surface area (Å²) in [6, 6.07) is 9.40. The molecule has 3 aliphatic rings. The molecule has 228 valence electrons. The third kappa shape index (κ3) is 6.81. The van der Waals surface area contributed by atoms with Gasteiger partial charge in [0.25, 0.3) is 0 Å². The van der Waals surface area contributed by atoms with Crippen LogP contribution in [0.4, 0.5) is 0 Å². The number of hydrogen-bond acceptors (Lipinski definition) is 15. The van der Waals surface area contributed by atoms with E-state index in [0.717, 1.165) is 5.56 Å². The Labute approximate surface area is 229 Å². The highest BCUT2D eigenvalue weighted by molar-refractivity contribution is 5.14. The summed E-state index contributed by atoms with van der Waals surface area (Å²) in [5, 5.41) is 91.5. The van der Waals surface area contributed by atoms with Crippen LogP contribution in [0.25, 0.3) is 0 Å². The number of hydrogen-bond donors (Lipinski definition) is 9. The number of ether oxygens (including phenoxy) is 6. The molecule has 9 N–H and O–H groups in total. The lowest BCUT2D eigenvalue weighted by Gasteiger charge is -2.42. The fourth-order valence-electron chi connectivity index (χ4n) is 4.75. The molecular formula is C25H38O15. The molecule has 0 bridgehead atoms. The van der Waals surface area contributed by atoms with Crippen LogP contribution >= 0.6 is 0 Å². The third-order valence-corrected chi connectivity index (χ3v) is 7.29. The molecule has 0 spiro atoms.